The van der Waals surface area contributed by atoms with Gasteiger partial charge in [-0.3, -0.25) is 4.79 Å². The van der Waals surface area contributed by atoms with Crippen molar-refractivity contribution in [3.05, 3.63) is 57.5 Å². The Morgan fingerprint density at radius 3 is 2.76 bits per heavy atom. The highest BCUT2D eigenvalue weighted by atomic mass is 35.5. The third-order valence-corrected chi connectivity index (χ3v) is 3.62. The molecule has 0 saturated carbocycles. The number of carbonyl (C=O) groups is 1. The maximum absolute atomic E-state index is 12.0. The highest BCUT2D eigenvalue weighted by molar-refractivity contribution is 6.35. The molecule has 1 aromatic heterocycles. The number of nitrogens with one attached hydrogen (secondary N) is 1. The summed E-state index contributed by atoms with van der Waals surface area (Å²) in [6.07, 6.45) is 2.02. The number of furan rings is 1. The molecule has 4 nitrogen and oxygen atoms in total. The summed E-state index contributed by atoms with van der Waals surface area (Å²) in [7, 11) is 0. The minimum atomic E-state index is -0.198. The van der Waals surface area contributed by atoms with Crippen LogP contribution in [0.5, 0.6) is 0 Å². The van der Waals surface area contributed by atoms with Gasteiger partial charge in [0, 0.05) is 16.1 Å². The zero-order chi connectivity index (χ0) is 15.4. The molecular formula is C15H16Cl2N2O2. The highest BCUT2D eigenvalue weighted by Crippen LogP contribution is 2.22. The Labute approximate surface area is 133 Å². The number of hydrogen-bond acceptors (Lipinski definition) is 3. The van der Waals surface area contributed by atoms with Gasteiger partial charge in [0.05, 0.1) is 12.1 Å². The first-order valence-electron chi connectivity index (χ1n) is 6.52. The molecule has 21 heavy (non-hydrogen) atoms. The number of rotatable bonds is 5. The standard InChI is InChI=1S/C15H16Cl2N2O2/c1-9(4-10-2-3-12(16)6-14(10)17)19-15(20)11-5-13(7-18)21-8-11/h2-3,5-6,8-9H,4,7,18H2,1H3,(H,19,20). The molecule has 2 rings (SSSR count). The van der Waals surface area contributed by atoms with Gasteiger partial charge in [0.2, 0.25) is 0 Å². The lowest BCUT2D eigenvalue weighted by atomic mass is 10.1. The monoisotopic (exact) mass is 326 g/mol. The number of nitrogens with two attached hydrogens (primary N) is 1. The second kappa shape index (κ2) is 6.98. The van der Waals surface area contributed by atoms with Gasteiger partial charge in [-0.05, 0) is 37.1 Å². The van der Waals surface area contributed by atoms with Crippen LogP contribution in [0.4, 0.5) is 0 Å². The topological polar surface area (TPSA) is 68.3 Å². The molecule has 0 spiro atoms. The van der Waals surface area contributed by atoms with E-state index >= 15 is 0 Å². The summed E-state index contributed by atoms with van der Waals surface area (Å²) < 4.78 is 5.15. The van der Waals surface area contributed by atoms with Crippen LogP contribution in [0.15, 0.2) is 34.9 Å². The molecule has 0 aliphatic heterocycles. The van der Waals surface area contributed by atoms with E-state index in [-0.39, 0.29) is 18.5 Å². The summed E-state index contributed by atoms with van der Waals surface area (Å²) >= 11 is 12.0. The van der Waals surface area contributed by atoms with Crippen molar-refractivity contribution in [1.82, 2.24) is 5.32 Å². The first-order valence-corrected chi connectivity index (χ1v) is 7.27. The Kier molecular flexibility index (Phi) is 5.28. The van der Waals surface area contributed by atoms with Gasteiger partial charge < -0.3 is 15.5 Å². The van der Waals surface area contributed by atoms with E-state index in [1.54, 1.807) is 18.2 Å². The quantitative estimate of drug-likeness (QED) is 0.884. The van der Waals surface area contributed by atoms with Crippen molar-refractivity contribution in [2.24, 2.45) is 5.73 Å². The minimum Gasteiger partial charge on any atom is -0.467 e. The van der Waals surface area contributed by atoms with Crippen LogP contribution in [0.3, 0.4) is 0 Å². The fourth-order valence-electron chi connectivity index (χ4n) is 1.98. The van der Waals surface area contributed by atoms with Gasteiger partial charge in [-0.2, -0.15) is 0 Å². The van der Waals surface area contributed by atoms with Crippen molar-refractivity contribution in [3.63, 3.8) is 0 Å². The van der Waals surface area contributed by atoms with E-state index < -0.39 is 0 Å². The van der Waals surface area contributed by atoms with E-state index in [0.29, 0.717) is 27.8 Å². The molecule has 1 aromatic carbocycles. The Bertz CT molecular complexity index is 640. The molecule has 0 aliphatic rings. The zero-order valence-corrected chi connectivity index (χ0v) is 13.0. The van der Waals surface area contributed by atoms with Gasteiger partial charge in [-0.15, -0.1) is 0 Å². The lowest BCUT2D eigenvalue weighted by molar-refractivity contribution is 0.0939. The average molecular weight is 327 g/mol. The van der Waals surface area contributed by atoms with Gasteiger partial charge >= 0.3 is 0 Å². The highest BCUT2D eigenvalue weighted by Gasteiger charge is 2.14. The van der Waals surface area contributed by atoms with Gasteiger partial charge in [0.15, 0.2) is 0 Å². The van der Waals surface area contributed by atoms with Crippen LogP contribution >= 0.6 is 23.2 Å². The number of carbonyl (C=O) groups excluding carboxylic acids is 1. The Morgan fingerprint density at radius 1 is 1.38 bits per heavy atom. The van der Waals surface area contributed by atoms with Gasteiger partial charge in [-0.1, -0.05) is 29.3 Å². The molecule has 0 radical (unpaired) electrons. The third-order valence-electron chi connectivity index (χ3n) is 3.04. The average Bonchev–Trinajstić information content (AvgIpc) is 2.91. The summed E-state index contributed by atoms with van der Waals surface area (Å²) in [5.41, 5.74) is 6.84. The molecule has 0 saturated heterocycles. The lowest BCUT2D eigenvalue weighted by Crippen LogP contribution is -2.33. The third kappa shape index (κ3) is 4.24. The van der Waals surface area contributed by atoms with Crippen molar-refractivity contribution < 1.29 is 9.21 Å². The summed E-state index contributed by atoms with van der Waals surface area (Å²) in [4.78, 5) is 12.0. The van der Waals surface area contributed by atoms with Crippen molar-refractivity contribution in [2.45, 2.75) is 25.9 Å². The molecule has 0 fully saturated rings. The number of benzene rings is 1. The summed E-state index contributed by atoms with van der Waals surface area (Å²) in [6, 6.07) is 6.89. The van der Waals surface area contributed by atoms with E-state index in [0.717, 1.165) is 5.56 Å². The molecule has 2 aromatic rings. The van der Waals surface area contributed by atoms with Crippen LogP contribution in [-0.4, -0.2) is 11.9 Å². The Hall–Kier alpha value is -1.49. The van der Waals surface area contributed by atoms with Crippen molar-refractivity contribution in [1.29, 1.82) is 0 Å². The predicted molar refractivity (Wildman–Crippen MR) is 83.7 cm³/mol. The summed E-state index contributed by atoms with van der Waals surface area (Å²) in [6.45, 7) is 2.18. The van der Waals surface area contributed by atoms with Gasteiger partial charge in [0.25, 0.3) is 5.91 Å². The number of hydrogen-bond donors (Lipinski definition) is 2. The van der Waals surface area contributed by atoms with E-state index in [9.17, 15) is 4.79 Å². The van der Waals surface area contributed by atoms with Crippen molar-refractivity contribution in [2.75, 3.05) is 0 Å². The Morgan fingerprint density at radius 2 is 2.14 bits per heavy atom. The van der Waals surface area contributed by atoms with E-state index in [2.05, 4.69) is 5.32 Å². The minimum absolute atomic E-state index is 0.0765. The lowest BCUT2D eigenvalue weighted by Gasteiger charge is -2.14. The van der Waals surface area contributed by atoms with Crippen molar-refractivity contribution in [3.8, 4) is 0 Å². The van der Waals surface area contributed by atoms with Crippen LogP contribution in [0.1, 0.15) is 28.6 Å². The largest absolute Gasteiger partial charge is 0.467 e. The smallest absolute Gasteiger partial charge is 0.254 e. The Balaban J connectivity index is 1.97. The van der Waals surface area contributed by atoms with E-state index in [4.69, 9.17) is 33.4 Å². The fourth-order valence-corrected chi connectivity index (χ4v) is 2.47. The molecule has 3 N–H and O–H groups in total. The van der Waals surface area contributed by atoms with Crippen molar-refractivity contribution >= 4 is 29.1 Å². The molecular weight excluding hydrogens is 311 g/mol. The van der Waals surface area contributed by atoms with Gasteiger partial charge in [-0.25, -0.2) is 0 Å². The van der Waals surface area contributed by atoms with E-state index in [1.165, 1.54) is 6.26 Å². The second-order valence-electron chi connectivity index (χ2n) is 4.82. The number of amides is 1. The summed E-state index contributed by atoms with van der Waals surface area (Å²) in [5, 5.41) is 4.08. The van der Waals surface area contributed by atoms with Crippen LogP contribution in [0, 0.1) is 0 Å². The van der Waals surface area contributed by atoms with E-state index in [1.807, 2.05) is 13.0 Å². The maximum Gasteiger partial charge on any atom is 0.254 e. The molecule has 1 unspecified atom stereocenters. The normalized spacial score (nSPS) is 12.2. The van der Waals surface area contributed by atoms with Crippen LogP contribution in [-0.2, 0) is 13.0 Å². The molecule has 0 aliphatic carbocycles. The van der Waals surface area contributed by atoms with Crippen LogP contribution in [0.25, 0.3) is 0 Å². The number of halogens is 2. The maximum atomic E-state index is 12.0. The first kappa shape index (κ1) is 15.9. The van der Waals surface area contributed by atoms with Gasteiger partial charge in [0.1, 0.15) is 12.0 Å². The predicted octanol–water partition coefficient (Wildman–Crippen LogP) is 3.41. The molecule has 1 heterocycles. The summed E-state index contributed by atoms with van der Waals surface area (Å²) in [5.74, 6) is 0.379. The molecule has 0 bridgehead atoms. The first-order chi connectivity index (χ1) is 9.99. The molecule has 1 atom stereocenters. The van der Waals surface area contributed by atoms with Crippen LogP contribution < -0.4 is 11.1 Å². The second-order valence-corrected chi connectivity index (χ2v) is 5.66. The zero-order valence-electron chi connectivity index (χ0n) is 11.5. The molecule has 6 heteroatoms. The van der Waals surface area contributed by atoms with Crippen LogP contribution in [0.2, 0.25) is 10.0 Å². The fraction of sp³-hybridized carbons (Fsp3) is 0.267. The molecule has 112 valence electrons. The SMILES string of the molecule is CC(Cc1ccc(Cl)cc1Cl)NC(=O)c1coc(CN)c1. The molecule has 1 amide bonds.